The van der Waals surface area contributed by atoms with E-state index in [9.17, 15) is 0 Å². The van der Waals surface area contributed by atoms with E-state index in [2.05, 4.69) is 93.0 Å². The minimum Gasteiger partial charge on any atom is -0.268 e. The van der Waals surface area contributed by atoms with Crippen LogP contribution in [0.4, 0.5) is 0 Å². The first kappa shape index (κ1) is 21.1. The third kappa shape index (κ3) is 5.93. The summed E-state index contributed by atoms with van der Waals surface area (Å²) in [5.74, 6) is 0. The Morgan fingerprint density at radius 2 is 1.08 bits per heavy atom. The molecule has 0 aliphatic carbocycles. The summed E-state index contributed by atoms with van der Waals surface area (Å²) in [7, 11) is -0.129. The van der Waals surface area contributed by atoms with Gasteiger partial charge in [0.2, 0.25) is 0 Å². The monoisotopic (exact) mass is 369 g/mol. The summed E-state index contributed by atoms with van der Waals surface area (Å²) in [5.41, 5.74) is 2.88. The smallest absolute Gasteiger partial charge is 0.0363 e. The number of benzene rings is 2. The Morgan fingerprint density at radius 1 is 0.692 bits per heavy atom. The Kier molecular flexibility index (Phi) is 9.37. The van der Waals surface area contributed by atoms with Crippen LogP contribution in [-0.4, -0.2) is 17.0 Å². The lowest BCUT2D eigenvalue weighted by atomic mass is 10.0. The zero-order chi connectivity index (χ0) is 18.8. The molecular weight excluding hydrogens is 333 g/mol. The summed E-state index contributed by atoms with van der Waals surface area (Å²) >= 11 is 0. The molecule has 2 aromatic rings. The second-order valence-corrected chi connectivity index (χ2v) is 9.58. The second-order valence-electron chi connectivity index (χ2n) is 7.21. The summed E-state index contributed by atoms with van der Waals surface area (Å²) in [6.07, 6.45) is 7.99. The third-order valence-corrected chi connectivity index (χ3v) is 8.23. The van der Waals surface area contributed by atoms with Crippen molar-refractivity contribution >= 4 is 8.07 Å². The van der Waals surface area contributed by atoms with Crippen LogP contribution in [0.15, 0.2) is 60.7 Å². The van der Waals surface area contributed by atoms with Crippen LogP contribution in [0.1, 0.15) is 76.6 Å². The molecular formula is C24H36NP. The molecule has 0 amide bonds. The van der Waals surface area contributed by atoms with Gasteiger partial charge >= 0.3 is 0 Å². The van der Waals surface area contributed by atoms with Crippen LogP contribution in [0, 0.1) is 0 Å². The highest BCUT2D eigenvalue weighted by Gasteiger charge is 2.29. The largest absolute Gasteiger partial charge is 0.268 e. The molecule has 0 heterocycles. The highest BCUT2D eigenvalue weighted by atomic mass is 31.1. The predicted molar refractivity (Wildman–Crippen MR) is 118 cm³/mol. The lowest BCUT2D eigenvalue weighted by Gasteiger charge is -2.41. The summed E-state index contributed by atoms with van der Waals surface area (Å²) < 4.78 is 2.85. The third-order valence-electron chi connectivity index (χ3n) is 5.22. The van der Waals surface area contributed by atoms with Crippen molar-refractivity contribution in [3.05, 3.63) is 71.8 Å². The van der Waals surface area contributed by atoms with Gasteiger partial charge in [-0.05, 0) is 58.2 Å². The molecule has 2 atom stereocenters. The van der Waals surface area contributed by atoms with E-state index in [1.807, 2.05) is 0 Å². The maximum atomic E-state index is 2.85. The normalized spacial score (nSPS) is 13.9. The minimum absolute atomic E-state index is 0.129. The summed E-state index contributed by atoms with van der Waals surface area (Å²) in [5, 5.41) is 0. The Hall–Kier alpha value is -1.17. The summed E-state index contributed by atoms with van der Waals surface area (Å²) in [6.45, 7) is 9.45. The summed E-state index contributed by atoms with van der Waals surface area (Å²) in [6, 6.07) is 23.0. The molecule has 26 heavy (non-hydrogen) atoms. The van der Waals surface area contributed by atoms with E-state index in [-0.39, 0.29) is 8.07 Å². The van der Waals surface area contributed by atoms with Gasteiger partial charge in [0, 0.05) is 12.1 Å². The molecule has 1 nitrogen and oxygen atoms in total. The lowest BCUT2D eigenvalue weighted by Crippen LogP contribution is -2.27. The topological polar surface area (TPSA) is 3.24 Å². The van der Waals surface area contributed by atoms with Crippen molar-refractivity contribution < 1.29 is 0 Å². The van der Waals surface area contributed by atoms with Gasteiger partial charge in [0.25, 0.3) is 0 Å². The number of hydrogen-bond acceptors (Lipinski definition) is 1. The van der Waals surface area contributed by atoms with Gasteiger partial charge in [-0.25, -0.2) is 0 Å². The fourth-order valence-electron chi connectivity index (χ4n) is 3.62. The van der Waals surface area contributed by atoms with Crippen molar-refractivity contribution in [2.75, 3.05) is 12.3 Å². The highest BCUT2D eigenvalue weighted by Crippen LogP contribution is 2.52. The van der Waals surface area contributed by atoms with Gasteiger partial charge in [-0.1, -0.05) is 87.4 Å². The van der Waals surface area contributed by atoms with Crippen LogP contribution in [0.2, 0.25) is 0 Å². The fraction of sp³-hybridized carbons (Fsp3) is 0.500. The van der Waals surface area contributed by atoms with Crippen LogP contribution in [0.3, 0.4) is 0 Å². The molecule has 0 radical (unpaired) electrons. The van der Waals surface area contributed by atoms with Gasteiger partial charge in [-0.15, -0.1) is 0 Å². The van der Waals surface area contributed by atoms with Gasteiger partial charge in [0.05, 0.1) is 0 Å². The first-order valence-electron chi connectivity index (χ1n) is 10.3. The first-order chi connectivity index (χ1) is 12.7. The highest BCUT2D eigenvalue weighted by molar-refractivity contribution is 7.55. The van der Waals surface area contributed by atoms with E-state index in [0.717, 1.165) is 0 Å². The zero-order valence-electron chi connectivity index (χ0n) is 17.1. The van der Waals surface area contributed by atoms with E-state index in [4.69, 9.17) is 0 Å². The van der Waals surface area contributed by atoms with Crippen LogP contribution >= 0.6 is 8.07 Å². The Bertz CT molecular complexity index is 545. The molecule has 2 rings (SSSR count). The molecule has 0 saturated heterocycles. The van der Waals surface area contributed by atoms with Crippen molar-refractivity contribution in [2.45, 2.75) is 65.5 Å². The van der Waals surface area contributed by atoms with Crippen molar-refractivity contribution in [1.82, 2.24) is 4.67 Å². The molecule has 0 unspecified atom stereocenters. The van der Waals surface area contributed by atoms with Crippen LogP contribution in [0.5, 0.6) is 0 Å². The van der Waals surface area contributed by atoms with Gasteiger partial charge < -0.3 is 0 Å². The summed E-state index contributed by atoms with van der Waals surface area (Å²) in [4.78, 5) is 0. The van der Waals surface area contributed by atoms with Crippen LogP contribution in [-0.2, 0) is 0 Å². The molecule has 142 valence electrons. The number of nitrogens with zero attached hydrogens (tertiary/aromatic N) is 1. The van der Waals surface area contributed by atoms with E-state index in [1.54, 1.807) is 0 Å². The molecule has 2 aromatic carbocycles. The van der Waals surface area contributed by atoms with Gasteiger partial charge in [0.15, 0.2) is 0 Å². The van der Waals surface area contributed by atoms with Crippen molar-refractivity contribution in [2.24, 2.45) is 0 Å². The molecule has 0 spiro atoms. The maximum absolute atomic E-state index is 2.85. The SMILES string of the molecule is CCCCP(CCCC)N([C@@H](C)c1ccccc1)[C@@H](C)c1ccccc1. The predicted octanol–water partition coefficient (Wildman–Crippen LogP) is 7.81. The lowest BCUT2D eigenvalue weighted by molar-refractivity contribution is 0.297. The Morgan fingerprint density at radius 3 is 1.42 bits per heavy atom. The quantitative estimate of drug-likeness (QED) is 0.365. The molecule has 0 N–H and O–H groups in total. The Balaban J connectivity index is 2.34. The van der Waals surface area contributed by atoms with E-state index in [0.29, 0.717) is 12.1 Å². The number of hydrogen-bond donors (Lipinski definition) is 0. The van der Waals surface area contributed by atoms with Crippen molar-refractivity contribution in [1.29, 1.82) is 0 Å². The molecule has 2 heteroatoms. The average molecular weight is 370 g/mol. The number of unbranched alkanes of at least 4 members (excludes halogenated alkanes) is 2. The standard InChI is InChI=1S/C24H36NP/c1-5-7-19-26(20-8-6-2)25(21(3)23-15-11-9-12-16-23)22(4)24-17-13-10-14-18-24/h9-18,21-22H,5-8,19-20H2,1-4H3/t21-,22-/m0/s1. The van der Waals surface area contributed by atoms with Crippen LogP contribution < -0.4 is 0 Å². The van der Waals surface area contributed by atoms with Gasteiger partial charge in [0.1, 0.15) is 0 Å². The van der Waals surface area contributed by atoms with E-state index >= 15 is 0 Å². The first-order valence-corrected chi connectivity index (χ1v) is 12.0. The van der Waals surface area contributed by atoms with Gasteiger partial charge in [-0.2, -0.15) is 0 Å². The van der Waals surface area contributed by atoms with Crippen molar-refractivity contribution in [3.63, 3.8) is 0 Å². The fourth-order valence-corrected chi connectivity index (χ4v) is 6.91. The molecule has 0 aromatic heterocycles. The van der Waals surface area contributed by atoms with E-state index < -0.39 is 0 Å². The maximum Gasteiger partial charge on any atom is 0.0363 e. The molecule has 0 bridgehead atoms. The second kappa shape index (κ2) is 11.5. The Labute approximate surface area is 162 Å². The number of rotatable bonds is 11. The molecule has 0 aliphatic heterocycles. The molecule has 0 saturated carbocycles. The zero-order valence-corrected chi connectivity index (χ0v) is 18.0. The van der Waals surface area contributed by atoms with Gasteiger partial charge in [-0.3, -0.25) is 4.67 Å². The van der Waals surface area contributed by atoms with Crippen LogP contribution in [0.25, 0.3) is 0 Å². The minimum atomic E-state index is -0.129. The average Bonchev–Trinajstić information content (AvgIpc) is 2.70. The molecule has 0 aliphatic rings. The van der Waals surface area contributed by atoms with E-state index in [1.165, 1.54) is 49.1 Å². The van der Waals surface area contributed by atoms with Crippen molar-refractivity contribution in [3.8, 4) is 0 Å². The molecule has 0 fully saturated rings.